The zero-order chi connectivity index (χ0) is 25.4. The van der Waals surface area contributed by atoms with E-state index in [-0.39, 0.29) is 17.9 Å². The van der Waals surface area contributed by atoms with Crippen LogP contribution >= 0.6 is 0 Å². The highest BCUT2D eigenvalue weighted by Crippen LogP contribution is 2.43. The molecule has 0 spiro atoms. The second-order valence-corrected chi connectivity index (χ2v) is 12.6. The Bertz CT molecular complexity index is 966. The Morgan fingerprint density at radius 3 is 1.65 bits per heavy atom. The van der Waals surface area contributed by atoms with Gasteiger partial charge >= 0.3 is 0 Å². The van der Waals surface area contributed by atoms with Gasteiger partial charge in [-0.1, -0.05) is 84.0 Å². The van der Waals surface area contributed by atoms with Crippen molar-refractivity contribution >= 4 is 11.0 Å². The van der Waals surface area contributed by atoms with Crippen LogP contribution in [0.5, 0.6) is 0 Å². The molecule has 5 heteroatoms. The van der Waals surface area contributed by atoms with E-state index >= 15 is 0 Å². The Labute approximate surface area is 209 Å². The molecule has 2 aromatic carbocycles. The van der Waals surface area contributed by atoms with Crippen LogP contribution in [-0.4, -0.2) is 21.7 Å². The second kappa shape index (κ2) is 10.2. The fourth-order valence-corrected chi connectivity index (χ4v) is 5.86. The molecular weight excluding hydrogens is 442 g/mol. The standard InChI is InChI=1S/C29H43NO3S/c1-18(2)22-16-23(19(3)4)26(24(17-22)20(5)6)34(31)30-25(21-14-12-11-13-15-21)27-32-28(7,8)29(9,10)33-27/h11-20,25,27,30H,1-10H3/t25-,34-/m1/s1. The summed E-state index contributed by atoms with van der Waals surface area (Å²) in [6.07, 6.45) is -0.559. The molecule has 1 N–H and O–H groups in total. The SMILES string of the molecule is CC(C)c1cc(C(C)C)c([S@@](=O)N[C@H](c2ccccc2)C2OC(C)(C)C(C)(C)O2)c(C(C)C)c1. The van der Waals surface area contributed by atoms with Crippen molar-refractivity contribution in [3.63, 3.8) is 0 Å². The summed E-state index contributed by atoms with van der Waals surface area (Å²) >= 11 is 0. The average molecular weight is 486 g/mol. The molecule has 0 saturated carbocycles. The topological polar surface area (TPSA) is 47.6 Å². The summed E-state index contributed by atoms with van der Waals surface area (Å²) in [6.45, 7) is 21.3. The second-order valence-electron chi connectivity index (χ2n) is 11.4. The average Bonchev–Trinajstić information content (AvgIpc) is 2.97. The molecule has 0 aliphatic carbocycles. The molecule has 1 aliphatic heterocycles. The van der Waals surface area contributed by atoms with E-state index in [9.17, 15) is 4.21 Å². The van der Waals surface area contributed by atoms with Crippen molar-refractivity contribution in [3.8, 4) is 0 Å². The van der Waals surface area contributed by atoms with E-state index in [2.05, 4.69) is 58.4 Å². The minimum absolute atomic E-state index is 0.254. The molecule has 1 saturated heterocycles. The fraction of sp³-hybridized carbons (Fsp3) is 0.586. The Hall–Kier alpha value is -1.53. The summed E-state index contributed by atoms with van der Waals surface area (Å²) in [5.74, 6) is 0.917. The molecule has 3 rings (SSSR count). The molecule has 0 unspecified atom stereocenters. The molecule has 188 valence electrons. The zero-order valence-electron chi connectivity index (χ0n) is 22.6. The first-order valence-corrected chi connectivity index (χ1v) is 13.7. The molecule has 1 fully saturated rings. The summed E-state index contributed by atoms with van der Waals surface area (Å²) in [5, 5.41) is 0. The summed E-state index contributed by atoms with van der Waals surface area (Å²) < 4.78 is 30.4. The van der Waals surface area contributed by atoms with Gasteiger partial charge in [0.1, 0.15) is 11.0 Å². The van der Waals surface area contributed by atoms with Crippen molar-refractivity contribution in [1.29, 1.82) is 0 Å². The summed E-state index contributed by atoms with van der Waals surface area (Å²) in [5.41, 5.74) is 3.62. The van der Waals surface area contributed by atoms with Crippen molar-refractivity contribution in [2.75, 3.05) is 0 Å². The Morgan fingerprint density at radius 2 is 1.24 bits per heavy atom. The van der Waals surface area contributed by atoms with Crippen LogP contribution in [0.1, 0.15) is 115 Å². The maximum Gasteiger partial charge on any atom is 0.179 e. The van der Waals surface area contributed by atoms with Crippen LogP contribution in [0.4, 0.5) is 0 Å². The molecule has 0 radical (unpaired) electrons. The predicted octanol–water partition coefficient (Wildman–Crippen LogP) is 7.34. The van der Waals surface area contributed by atoms with Crippen LogP contribution < -0.4 is 4.72 Å². The van der Waals surface area contributed by atoms with E-state index in [1.54, 1.807) is 0 Å². The third-order valence-corrected chi connectivity index (χ3v) is 8.51. The fourth-order valence-electron chi connectivity index (χ4n) is 4.24. The van der Waals surface area contributed by atoms with Gasteiger partial charge in [0.05, 0.1) is 22.1 Å². The molecule has 1 heterocycles. The Kier molecular flexibility index (Phi) is 8.13. The molecule has 0 amide bonds. The maximum atomic E-state index is 14.1. The minimum Gasteiger partial charge on any atom is -0.342 e. The third kappa shape index (κ3) is 5.48. The van der Waals surface area contributed by atoms with E-state index in [0.717, 1.165) is 21.6 Å². The Morgan fingerprint density at radius 1 is 0.765 bits per heavy atom. The molecular formula is C29H43NO3S. The van der Waals surface area contributed by atoms with Crippen molar-refractivity contribution in [3.05, 3.63) is 64.7 Å². The van der Waals surface area contributed by atoms with Gasteiger partial charge in [0.2, 0.25) is 0 Å². The van der Waals surface area contributed by atoms with Crippen LogP contribution in [0.2, 0.25) is 0 Å². The van der Waals surface area contributed by atoms with Gasteiger partial charge in [-0.3, -0.25) is 0 Å². The number of nitrogens with one attached hydrogen (secondary N) is 1. The van der Waals surface area contributed by atoms with E-state index in [1.165, 1.54) is 5.56 Å². The van der Waals surface area contributed by atoms with Crippen LogP contribution in [-0.2, 0) is 20.5 Å². The summed E-state index contributed by atoms with van der Waals surface area (Å²) in [6, 6.07) is 14.1. The first-order valence-electron chi connectivity index (χ1n) is 12.5. The maximum absolute atomic E-state index is 14.1. The van der Waals surface area contributed by atoms with Gasteiger partial charge < -0.3 is 9.47 Å². The first-order chi connectivity index (χ1) is 15.7. The van der Waals surface area contributed by atoms with Gasteiger partial charge in [0.25, 0.3) is 0 Å². The lowest BCUT2D eigenvalue weighted by atomic mass is 9.89. The highest BCUT2D eigenvalue weighted by Gasteiger charge is 2.51. The van der Waals surface area contributed by atoms with E-state index in [1.807, 2.05) is 58.0 Å². The molecule has 1 aliphatic rings. The van der Waals surface area contributed by atoms with E-state index < -0.39 is 28.5 Å². The zero-order valence-corrected chi connectivity index (χ0v) is 23.4. The van der Waals surface area contributed by atoms with Crippen LogP contribution in [0, 0.1) is 0 Å². The van der Waals surface area contributed by atoms with Crippen LogP contribution in [0.3, 0.4) is 0 Å². The van der Waals surface area contributed by atoms with Crippen LogP contribution in [0.15, 0.2) is 47.4 Å². The molecule has 34 heavy (non-hydrogen) atoms. The van der Waals surface area contributed by atoms with Crippen molar-refractivity contribution in [2.45, 2.75) is 115 Å². The van der Waals surface area contributed by atoms with Gasteiger partial charge in [-0.25, -0.2) is 8.93 Å². The largest absolute Gasteiger partial charge is 0.342 e. The minimum atomic E-state index is -1.46. The molecule has 0 bridgehead atoms. The van der Waals surface area contributed by atoms with Gasteiger partial charge in [-0.2, -0.15) is 0 Å². The lowest BCUT2D eigenvalue weighted by molar-refractivity contribution is -0.105. The lowest BCUT2D eigenvalue weighted by Crippen LogP contribution is -2.41. The van der Waals surface area contributed by atoms with Crippen molar-refractivity contribution in [1.82, 2.24) is 4.72 Å². The number of benzene rings is 2. The number of hydrogen-bond donors (Lipinski definition) is 1. The number of hydrogen-bond acceptors (Lipinski definition) is 3. The van der Waals surface area contributed by atoms with Crippen LogP contribution in [0.25, 0.3) is 0 Å². The summed E-state index contributed by atoms with van der Waals surface area (Å²) in [4.78, 5) is 0.895. The van der Waals surface area contributed by atoms with Crippen molar-refractivity contribution in [2.24, 2.45) is 0 Å². The quantitative estimate of drug-likeness (QED) is 0.425. The molecule has 4 nitrogen and oxygen atoms in total. The van der Waals surface area contributed by atoms with E-state index in [4.69, 9.17) is 9.47 Å². The Balaban J connectivity index is 2.07. The first kappa shape index (κ1) is 27.1. The monoisotopic (exact) mass is 485 g/mol. The normalized spacial score (nSPS) is 19.8. The van der Waals surface area contributed by atoms with Crippen molar-refractivity contribution < 1.29 is 13.7 Å². The van der Waals surface area contributed by atoms with Gasteiger partial charge in [0.15, 0.2) is 6.29 Å². The van der Waals surface area contributed by atoms with E-state index in [0.29, 0.717) is 5.92 Å². The summed E-state index contributed by atoms with van der Waals surface area (Å²) in [7, 11) is -1.46. The lowest BCUT2D eigenvalue weighted by Gasteiger charge is -2.30. The molecule has 0 aromatic heterocycles. The predicted molar refractivity (Wildman–Crippen MR) is 142 cm³/mol. The molecule has 2 atom stereocenters. The third-order valence-electron chi connectivity index (χ3n) is 7.20. The highest BCUT2D eigenvalue weighted by molar-refractivity contribution is 7.83. The van der Waals surface area contributed by atoms with Gasteiger partial charge in [-0.15, -0.1) is 0 Å². The number of rotatable bonds is 8. The molecule has 2 aromatic rings. The smallest absolute Gasteiger partial charge is 0.179 e. The highest BCUT2D eigenvalue weighted by atomic mass is 32.2. The van der Waals surface area contributed by atoms with Gasteiger partial charge in [0, 0.05) is 0 Å². The van der Waals surface area contributed by atoms with Gasteiger partial charge in [-0.05, 0) is 67.7 Å². The number of ether oxygens (including phenoxy) is 2.